The van der Waals surface area contributed by atoms with Crippen molar-refractivity contribution in [3.05, 3.63) is 200 Å². The number of pyridine rings is 1. The van der Waals surface area contributed by atoms with E-state index in [0.717, 1.165) is 92.7 Å². The summed E-state index contributed by atoms with van der Waals surface area (Å²) in [5.41, 5.74) is 15.6. The Kier molecular flexibility index (Phi) is 9.79. The second-order valence-electron chi connectivity index (χ2n) is 18.0. The average Bonchev–Trinajstić information content (AvgIpc) is 3.91. The van der Waals surface area contributed by atoms with Crippen LogP contribution in [0.4, 0.5) is 0 Å². The Labute approximate surface area is 391 Å². The van der Waals surface area contributed by atoms with Crippen LogP contribution in [0.25, 0.3) is 106 Å². The number of unbranched alkanes of at least 4 members (excludes halogenated alkanes) is 1. The van der Waals surface area contributed by atoms with E-state index < -0.39 is 0 Å². The minimum Gasteiger partial charge on any atom is -0.307 e. The summed E-state index contributed by atoms with van der Waals surface area (Å²) in [6.07, 6.45) is 7.48. The number of allylic oxidation sites excluding steroid dienone is 1. The first-order valence-electron chi connectivity index (χ1n) is 23.8. The van der Waals surface area contributed by atoms with Gasteiger partial charge in [-0.1, -0.05) is 149 Å². The number of benzene rings is 7. The van der Waals surface area contributed by atoms with E-state index in [1.807, 2.05) is 18.2 Å². The maximum Gasteiger partial charge on any atom is 0.238 e. The molecule has 1 aliphatic heterocycles. The molecule has 0 aliphatic carbocycles. The molecule has 67 heavy (non-hydrogen) atoms. The van der Waals surface area contributed by atoms with Gasteiger partial charge in [-0.2, -0.15) is 14.5 Å². The Morgan fingerprint density at radius 3 is 1.96 bits per heavy atom. The van der Waals surface area contributed by atoms with Crippen molar-refractivity contribution in [2.45, 2.75) is 58.4 Å². The molecule has 0 fully saturated rings. The lowest BCUT2D eigenvalue weighted by atomic mass is 9.75. The molecule has 0 saturated carbocycles. The molecule has 5 heterocycles. The third-order valence-corrected chi connectivity index (χ3v) is 14.4. The normalized spacial score (nSPS) is 13.1. The zero-order valence-corrected chi connectivity index (χ0v) is 38.2. The molecule has 0 N–H and O–H groups in total. The highest BCUT2D eigenvalue weighted by atomic mass is 15.2. The maximum absolute atomic E-state index is 5.41. The summed E-state index contributed by atoms with van der Waals surface area (Å²) in [6.45, 7) is 11.5. The number of aromatic nitrogens is 6. The van der Waals surface area contributed by atoms with E-state index in [2.05, 4.69) is 198 Å². The van der Waals surface area contributed by atoms with Crippen LogP contribution >= 0.6 is 0 Å². The van der Waals surface area contributed by atoms with E-state index in [1.165, 1.54) is 38.9 Å². The predicted molar refractivity (Wildman–Crippen MR) is 277 cm³/mol. The van der Waals surface area contributed by atoms with E-state index in [4.69, 9.17) is 21.5 Å². The zero-order valence-electron chi connectivity index (χ0n) is 38.2. The molecular weight excluding hydrogens is 817 g/mol. The van der Waals surface area contributed by atoms with Crippen molar-refractivity contribution in [1.82, 2.24) is 24.1 Å². The summed E-state index contributed by atoms with van der Waals surface area (Å²) in [5, 5.41) is 4.60. The molecule has 0 radical (unpaired) electrons. The maximum atomic E-state index is 5.41. The zero-order chi connectivity index (χ0) is 45.2. The van der Waals surface area contributed by atoms with Gasteiger partial charge >= 0.3 is 0 Å². The summed E-state index contributed by atoms with van der Waals surface area (Å²) in [7, 11) is 0. The molecule has 0 saturated heterocycles. The van der Waals surface area contributed by atoms with Gasteiger partial charge in [0.15, 0.2) is 23.4 Å². The lowest BCUT2D eigenvalue weighted by Crippen LogP contribution is -2.59. The van der Waals surface area contributed by atoms with Crippen LogP contribution in [0, 0.1) is 0 Å². The number of aryl methyl sites for hydroxylation is 1. The summed E-state index contributed by atoms with van der Waals surface area (Å²) < 4.78 is 7.18. The van der Waals surface area contributed by atoms with Gasteiger partial charge in [-0.15, -0.1) is 0 Å². The standard InChI is InChI=1S/C61H51N6/c1-5-8-20-41-21-19-24-45(37-41)59-62-58(42-22-11-9-12-23-42)63-60(64-59)67-54-29-16-15-27-48(54)49-33-34-50-52-39-44(31-35-55(52)66(56(50)57(49)67)46-25-13-10-14-26-46)43-30-32-47-40(4)61(6-2,7-3)65-36-18-17-28-53(65)51(47)38-43/h9-19,21-39H,4-8,20H2,1-3H3/q+1. The predicted octanol–water partition coefficient (Wildman–Crippen LogP) is 14.9. The lowest BCUT2D eigenvalue weighted by Gasteiger charge is -2.34. The first-order chi connectivity index (χ1) is 33.0. The van der Waals surface area contributed by atoms with Gasteiger partial charge in [0.25, 0.3) is 0 Å². The summed E-state index contributed by atoms with van der Waals surface area (Å²) >= 11 is 0. The van der Waals surface area contributed by atoms with Gasteiger partial charge in [-0.25, -0.2) is 4.98 Å². The highest BCUT2D eigenvalue weighted by Gasteiger charge is 2.46. The Bertz CT molecular complexity index is 3720. The van der Waals surface area contributed by atoms with Crippen molar-refractivity contribution >= 4 is 49.2 Å². The Hall–Kier alpha value is -7.96. The third kappa shape index (κ3) is 6.38. The fraction of sp³-hybridized carbons (Fsp3) is 0.148. The number of nitrogens with zero attached hydrogens (tertiary/aromatic N) is 6. The Morgan fingerprint density at radius 2 is 1.16 bits per heavy atom. The number of fused-ring (bicyclic) bond motifs is 10. The van der Waals surface area contributed by atoms with Crippen molar-refractivity contribution < 1.29 is 4.57 Å². The minimum absolute atomic E-state index is 0.150. The van der Waals surface area contributed by atoms with Crippen molar-refractivity contribution in [2.75, 3.05) is 0 Å². The van der Waals surface area contributed by atoms with Crippen LogP contribution in [0.3, 0.4) is 0 Å². The van der Waals surface area contributed by atoms with Gasteiger partial charge in [0.05, 0.1) is 27.6 Å². The van der Waals surface area contributed by atoms with Gasteiger partial charge in [0, 0.05) is 68.9 Å². The minimum atomic E-state index is -0.150. The van der Waals surface area contributed by atoms with Crippen LogP contribution in [0.2, 0.25) is 0 Å². The van der Waals surface area contributed by atoms with Crippen molar-refractivity contribution in [3.8, 4) is 56.8 Å². The van der Waals surface area contributed by atoms with Crippen LogP contribution in [0.1, 0.15) is 57.6 Å². The molecule has 0 spiro atoms. The second kappa shape index (κ2) is 16.2. The number of hydrogen-bond donors (Lipinski definition) is 0. The average molecular weight is 868 g/mol. The van der Waals surface area contributed by atoms with Crippen LogP contribution < -0.4 is 4.57 Å². The highest BCUT2D eigenvalue weighted by molar-refractivity contribution is 6.24. The summed E-state index contributed by atoms with van der Waals surface area (Å²) in [4.78, 5) is 15.9. The molecule has 11 aromatic rings. The molecule has 12 rings (SSSR count). The summed E-state index contributed by atoms with van der Waals surface area (Å²) in [5.74, 6) is 1.87. The van der Waals surface area contributed by atoms with Crippen molar-refractivity contribution in [3.63, 3.8) is 0 Å². The fourth-order valence-corrected chi connectivity index (χ4v) is 11.0. The first-order valence-corrected chi connectivity index (χ1v) is 23.8. The highest BCUT2D eigenvalue weighted by Crippen LogP contribution is 2.46. The quantitative estimate of drug-likeness (QED) is 0.129. The van der Waals surface area contributed by atoms with Crippen LogP contribution in [0.15, 0.2) is 189 Å². The van der Waals surface area contributed by atoms with Crippen LogP contribution in [0.5, 0.6) is 0 Å². The Balaban J connectivity index is 1.12. The number of hydrogen-bond acceptors (Lipinski definition) is 3. The van der Waals surface area contributed by atoms with Crippen LogP contribution in [-0.4, -0.2) is 24.1 Å². The smallest absolute Gasteiger partial charge is 0.238 e. The first kappa shape index (κ1) is 40.5. The number of para-hydroxylation sites is 2. The molecule has 0 amide bonds. The molecular formula is C61H51N6+. The van der Waals surface area contributed by atoms with Crippen molar-refractivity contribution in [2.24, 2.45) is 0 Å². The number of rotatable bonds is 10. The van der Waals surface area contributed by atoms with Gasteiger partial charge in [0.2, 0.25) is 11.6 Å². The topological polar surface area (TPSA) is 52.4 Å². The largest absolute Gasteiger partial charge is 0.307 e. The van der Waals surface area contributed by atoms with E-state index in [9.17, 15) is 0 Å². The van der Waals surface area contributed by atoms with Crippen LogP contribution in [-0.2, 0) is 12.0 Å². The molecule has 6 nitrogen and oxygen atoms in total. The molecule has 0 atom stereocenters. The SMILES string of the molecule is C=C1c2ccc(-c3ccc4c(c3)c3ccc5c6ccccc6n(-c6nc(-c7ccccc7)nc(-c7cccc(CCCC)c7)n6)c5c3n4-c3ccccc3)cc2-c2cccc[n+]2C1(CC)CC. The molecule has 0 unspecified atom stereocenters. The van der Waals surface area contributed by atoms with E-state index in [1.54, 1.807) is 0 Å². The molecule has 7 aromatic carbocycles. The van der Waals surface area contributed by atoms with Gasteiger partial charge < -0.3 is 4.57 Å². The van der Waals surface area contributed by atoms with Gasteiger partial charge in [-0.3, -0.25) is 4.57 Å². The van der Waals surface area contributed by atoms with E-state index >= 15 is 0 Å². The van der Waals surface area contributed by atoms with Gasteiger partial charge in [0.1, 0.15) is 0 Å². The summed E-state index contributed by atoms with van der Waals surface area (Å²) in [6, 6.07) is 63.5. The fourth-order valence-electron chi connectivity index (χ4n) is 11.0. The van der Waals surface area contributed by atoms with E-state index in [0.29, 0.717) is 17.6 Å². The monoisotopic (exact) mass is 867 g/mol. The lowest BCUT2D eigenvalue weighted by molar-refractivity contribution is -0.741. The molecule has 324 valence electrons. The molecule has 0 bridgehead atoms. The van der Waals surface area contributed by atoms with E-state index in [-0.39, 0.29) is 5.54 Å². The van der Waals surface area contributed by atoms with Crippen molar-refractivity contribution in [1.29, 1.82) is 0 Å². The van der Waals surface area contributed by atoms with Gasteiger partial charge in [-0.05, 0) is 83.6 Å². The molecule has 4 aromatic heterocycles. The second-order valence-corrected chi connectivity index (χ2v) is 18.0. The molecule has 1 aliphatic rings. The molecule has 6 heteroatoms. The Morgan fingerprint density at radius 1 is 0.507 bits per heavy atom. The third-order valence-electron chi connectivity index (χ3n) is 14.4.